The van der Waals surface area contributed by atoms with E-state index >= 15 is 0 Å². The summed E-state index contributed by atoms with van der Waals surface area (Å²) in [7, 11) is 0. The summed E-state index contributed by atoms with van der Waals surface area (Å²) in [4.78, 5) is 3.98. The van der Waals surface area contributed by atoms with Gasteiger partial charge in [0.2, 0.25) is 5.71 Å². The van der Waals surface area contributed by atoms with Crippen LogP contribution in [0.15, 0.2) is 35.0 Å². The quantitative estimate of drug-likeness (QED) is 0.517. The average molecular weight is 171 g/mol. The summed E-state index contributed by atoms with van der Waals surface area (Å²) in [5.41, 5.74) is 2.06. The first-order chi connectivity index (χ1) is 6.45. The highest BCUT2D eigenvalue weighted by atomic mass is 16.3. The molecule has 4 heteroatoms. The number of benzene rings is 1. The minimum Gasteiger partial charge on any atom is -0.436 e. The van der Waals surface area contributed by atoms with Crippen LogP contribution >= 0.6 is 0 Å². The maximum atomic E-state index is 5.44. The van der Waals surface area contributed by atoms with Crippen molar-refractivity contribution in [2.75, 3.05) is 0 Å². The molecule has 3 aromatic rings. The van der Waals surface area contributed by atoms with E-state index in [2.05, 4.69) is 15.2 Å². The number of hydrogen-bond donors (Lipinski definition) is 0. The predicted octanol–water partition coefficient (Wildman–Crippen LogP) is 1.77. The summed E-state index contributed by atoms with van der Waals surface area (Å²) in [6.07, 6.45) is 1.38. The second kappa shape index (κ2) is 2.26. The van der Waals surface area contributed by atoms with Gasteiger partial charge in [-0.2, -0.15) is 4.98 Å². The van der Waals surface area contributed by atoms with E-state index in [4.69, 9.17) is 4.42 Å². The van der Waals surface area contributed by atoms with Crippen molar-refractivity contribution in [1.82, 2.24) is 15.2 Å². The van der Waals surface area contributed by atoms with Gasteiger partial charge in [-0.3, -0.25) is 0 Å². The molecule has 0 aliphatic heterocycles. The lowest BCUT2D eigenvalue weighted by atomic mass is 10.2. The number of rotatable bonds is 0. The molecule has 0 saturated carbocycles. The molecule has 13 heavy (non-hydrogen) atoms. The Morgan fingerprint density at radius 2 is 2.08 bits per heavy atom. The Labute approximate surface area is 73.2 Å². The fraction of sp³-hybridized carbons (Fsp3) is 0. The Balaban J connectivity index is 2.64. The van der Waals surface area contributed by atoms with Crippen molar-refractivity contribution in [2.45, 2.75) is 0 Å². The van der Waals surface area contributed by atoms with Gasteiger partial charge < -0.3 is 4.42 Å². The lowest BCUT2D eigenvalue weighted by Gasteiger charge is -1.83. The number of fused-ring (bicyclic) bond motifs is 3. The fourth-order valence-corrected chi connectivity index (χ4v) is 1.36. The molecular weight excluding hydrogens is 166 g/mol. The minimum atomic E-state index is 0.538. The van der Waals surface area contributed by atoms with Crippen molar-refractivity contribution >= 4 is 22.2 Å². The highest BCUT2D eigenvalue weighted by Crippen LogP contribution is 2.23. The number of aromatic nitrogens is 3. The zero-order valence-electron chi connectivity index (χ0n) is 6.64. The molecule has 62 valence electrons. The Morgan fingerprint density at radius 1 is 1.15 bits per heavy atom. The van der Waals surface area contributed by atoms with Crippen LogP contribution in [0.5, 0.6) is 0 Å². The van der Waals surface area contributed by atoms with Crippen molar-refractivity contribution in [2.24, 2.45) is 0 Å². The topological polar surface area (TPSA) is 51.8 Å². The molecule has 4 nitrogen and oxygen atoms in total. The molecule has 0 saturated heterocycles. The monoisotopic (exact) mass is 171 g/mol. The van der Waals surface area contributed by atoms with Gasteiger partial charge in [-0.05, 0) is 12.1 Å². The molecular formula is C9H5N3O. The molecule has 1 aromatic carbocycles. The zero-order valence-corrected chi connectivity index (χ0v) is 6.64. The Morgan fingerprint density at radius 3 is 3.08 bits per heavy atom. The number of para-hydroxylation sites is 1. The summed E-state index contributed by atoms with van der Waals surface area (Å²) in [5, 5.41) is 8.63. The van der Waals surface area contributed by atoms with Crippen LogP contribution in [0.2, 0.25) is 0 Å². The van der Waals surface area contributed by atoms with E-state index in [1.807, 2.05) is 24.3 Å². The van der Waals surface area contributed by atoms with Crippen LogP contribution in [-0.2, 0) is 0 Å². The standard InChI is InChI=1S/C9H5N3O/c1-2-4-7-6(3-1)8-9(13-7)10-5-11-12-8/h1-5H. The fourth-order valence-electron chi connectivity index (χ4n) is 1.36. The summed E-state index contributed by atoms with van der Waals surface area (Å²) in [6.45, 7) is 0. The maximum absolute atomic E-state index is 5.44. The second-order valence-corrected chi connectivity index (χ2v) is 2.71. The minimum absolute atomic E-state index is 0.538. The molecule has 2 heterocycles. The summed E-state index contributed by atoms with van der Waals surface area (Å²) in [6, 6.07) is 7.68. The van der Waals surface area contributed by atoms with Gasteiger partial charge in [0.25, 0.3) is 0 Å². The highest BCUT2D eigenvalue weighted by molar-refractivity contribution is 6.00. The first kappa shape index (κ1) is 6.54. The van der Waals surface area contributed by atoms with Crippen molar-refractivity contribution in [3.8, 4) is 0 Å². The molecule has 3 rings (SSSR count). The molecule has 0 unspecified atom stereocenters. The van der Waals surface area contributed by atoms with Gasteiger partial charge in [0.1, 0.15) is 11.9 Å². The van der Waals surface area contributed by atoms with Gasteiger partial charge in [-0.1, -0.05) is 12.1 Å². The SMILES string of the molecule is c1ccc2c(c1)oc1ncnnc12. The number of hydrogen-bond acceptors (Lipinski definition) is 4. The molecule has 0 radical (unpaired) electrons. The highest BCUT2D eigenvalue weighted by Gasteiger charge is 2.06. The van der Waals surface area contributed by atoms with E-state index < -0.39 is 0 Å². The molecule has 0 aliphatic carbocycles. The van der Waals surface area contributed by atoms with Crippen LogP contribution in [0.25, 0.3) is 22.2 Å². The molecule has 2 aromatic heterocycles. The number of furan rings is 1. The van der Waals surface area contributed by atoms with Crippen LogP contribution in [0.4, 0.5) is 0 Å². The lowest BCUT2D eigenvalue weighted by molar-refractivity contribution is 0.650. The molecule has 0 fully saturated rings. The van der Waals surface area contributed by atoms with Crippen molar-refractivity contribution in [3.05, 3.63) is 30.6 Å². The van der Waals surface area contributed by atoms with Crippen LogP contribution in [0.3, 0.4) is 0 Å². The number of nitrogens with zero attached hydrogens (tertiary/aromatic N) is 3. The Hall–Kier alpha value is -1.97. The van der Waals surface area contributed by atoms with E-state index in [9.17, 15) is 0 Å². The molecule has 0 spiro atoms. The molecule has 0 aliphatic rings. The van der Waals surface area contributed by atoms with Gasteiger partial charge in [-0.25, -0.2) is 0 Å². The largest absolute Gasteiger partial charge is 0.436 e. The Bertz CT molecular complexity index is 523. The van der Waals surface area contributed by atoms with Crippen LogP contribution < -0.4 is 0 Å². The summed E-state index contributed by atoms with van der Waals surface area (Å²) >= 11 is 0. The molecule has 0 bridgehead atoms. The third-order valence-electron chi connectivity index (χ3n) is 1.94. The van der Waals surface area contributed by atoms with E-state index in [-0.39, 0.29) is 0 Å². The normalized spacial score (nSPS) is 11.1. The first-order valence-electron chi connectivity index (χ1n) is 3.90. The second-order valence-electron chi connectivity index (χ2n) is 2.71. The van der Waals surface area contributed by atoms with Crippen molar-refractivity contribution in [3.63, 3.8) is 0 Å². The smallest absolute Gasteiger partial charge is 0.249 e. The van der Waals surface area contributed by atoms with Gasteiger partial charge in [-0.15, -0.1) is 10.2 Å². The summed E-state index contributed by atoms with van der Waals surface area (Å²) in [5.74, 6) is 0. The third kappa shape index (κ3) is 0.823. The average Bonchev–Trinajstić information content (AvgIpc) is 2.56. The third-order valence-corrected chi connectivity index (χ3v) is 1.94. The molecule has 0 atom stereocenters. The van der Waals surface area contributed by atoms with Gasteiger partial charge in [0.15, 0.2) is 5.52 Å². The van der Waals surface area contributed by atoms with E-state index in [0.29, 0.717) is 5.71 Å². The van der Waals surface area contributed by atoms with Crippen LogP contribution in [-0.4, -0.2) is 15.2 Å². The zero-order chi connectivity index (χ0) is 8.67. The summed E-state index contributed by atoms with van der Waals surface area (Å²) < 4.78 is 5.44. The van der Waals surface area contributed by atoms with Crippen molar-refractivity contribution in [1.29, 1.82) is 0 Å². The van der Waals surface area contributed by atoms with E-state index in [1.165, 1.54) is 6.33 Å². The van der Waals surface area contributed by atoms with E-state index in [1.54, 1.807) is 0 Å². The van der Waals surface area contributed by atoms with E-state index in [0.717, 1.165) is 16.5 Å². The first-order valence-corrected chi connectivity index (χ1v) is 3.90. The van der Waals surface area contributed by atoms with Gasteiger partial charge >= 0.3 is 0 Å². The van der Waals surface area contributed by atoms with Crippen LogP contribution in [0, 0.1) is 0 Å². The molecule has 0 N–H and O–H groups in total. The molecule has 0 amide bonds. The van der Waals surface area contributed by atoms with Gasteiger partial charge in [0, 0.05) is 0 Å². The maximum Gasteiger partial charge on any atom is 0.249 e. The Kier molecular flexibility index (Phi) is 1.14. The lowest BCUT2D eigenvalue weighted by Crippen LogP contribution is -1.81. The van der Waals surface area contributed by atoms with Crippen LogP contribution in [0.1, 0.15) is 0 Å². The predicted molar refractivity (Wildman–Crippen MR) is 47.1 cm³/mol. The van der Waals surface area contributed by atoms with Crippen molar-refractivity contribution < 1.29 is 4.42 Å². The van der Waals surface area contributed by atoms with Gasteiger partial charge in [0.05, 0.1) is 5.39 Å².